The number of halogens is 2. The van der Waals surface area contributed by atoms with Crippen molar-refractivity contribution in [2.24, 2.45) is 5.92 Å². The summed E-state index contributed by atoms with van der Waals surface area (Å²) in [4.78, 5) is 17.2. The summed E-state index contributed by atoms with van der Waals surface area (Å²) in [6.07, 6.45) is 2.96. The van der Waals surface area contributed by atoms with Crippen LogP contribution in [0, 0.1) is 17.6 Å². The molecule has 0 aromatic heterocycles. The van der Waals surface area contributed by atoms with Gasteiger partial charge in [0.2, 0.25) is 0 Å². The fraction of sp³-hybridized carbons (Fsp3) is 0.435. The van der Waals surface area contributed by atoms with Gasteiger partial charge in [0.25, 0.3) is 0 Å². The van der Waals surface area contributed by atoms with E-state index in [-0.39, 0.29) is 18.7 Å². The summed E-state index contributed by atoms with van der Waals surface area (Å²) < 4.78 is 31.9. The molecule has 6 heteroatoms. The van der Waals surface area contributed by atoms with E-state index in [4.69, 9.17) is 4.74 Å². The minimum Gasteiger partial charge on any atom is -0.449 e. The molecule has 2 aromatic carbocycles. The Kier molecular flexibility index (Phi) is 6.09. The molecule has 0 aliphatic carbocycles. The number of amides is 1. The maximum absolute atomic E-state index is 13.3. The van der Waals surface area contributed by atoms with Gasteiger partial charge < -0.3 is 9.64 Å². The maximum atomic E-state index is 13.3. The van der Waals surface area contributed by atoms with Gasteiger partial charge in [-0.2, -0.15) is 0 Å². The van der Waals surface area contributed by atoms with Crippen LogP contribution in [0.3, 0.4) is 0 Å². The Bertz CT molecular complexity index is 838. The third kappa shape index (κ3) is 4.58. The average Bonchev–Trinajstić information content (AvgIpc) is 2.75. The molecule has 5 rings (SSSR count). The van der Waals surface area contributed by atoms with E-state index in [1.54, 1.807) is 6.07 Å². The van der Waals surface area contributed by atoms with E-state index in [2.05, 4.69) is 4.90 Å². The first-order valence-electron chi connectivity index (χ1n) is 10.3. The van der Waals surface area contributed by atoms with E-state index >= 15 is 0 Å². The SMILES string of the molecule is O=C(OCCCc1ccc(F)c(F)c1)N(c1ccccc1)C1CN2CCC1CC2. The van der Waals surface area contributed by atoms with Gasteiger partial charge in [-0.3, -0.25) is 4.90 Å². The summed E-state index contributed by atoms with van der Waals surface area (Å²) in [6, 6.07) is 13.7. The highest BCUT2D eigenvalue weighted by Gasteiger charge is 2.40. The highest BCUT2D eigenvalue weighted by molar-refractivity contribution is 5.88. The van der Waals surface area contributed by atoms with Gasteiger partial charge in [0.1, 0.15) is 0 Å². The largest absolute Gasteiger partial charge is 0.449 e. The second kappa shape index (κ2) is 8.91. The molecule has 29 heavy (non-hydrogen) atoms. The predicted octanol–water partition coefficient (Wildman–Crippen LogP) is 4.63. The van der Waals surface area contributed by atoms with Crippen molar-refractivity contribution in [1.82, 2.24) is 4.90 Å². The van der Waals surface area contributed by atoms with Crippen LogP contribution in [0.25, 0.3) is 0 Å². The molecule has 3 heterocycles. The molecule has 2 bridgehead atoms. The Morgan fingerprint density at radius 1 is 1.07 bits per heavy atom. The van der Waals surface area contributed by atoms with Crippen molar-refractivity contribution >= 4 is 11.8 Å². The van der Waals surface area contributed by atoms with Crippen molar-refractivity contribution < 1.29 is 18.3 Å². The van der Waals surface area contributed by atoms with Crippen molar-refractivity contribution in [2.75, 3.05) is 31.1 Å². The Hall–Kier alpha value is -2.47. The van der Waals surface area contributed by atoms with Gasteiger partial charge in [0.15, 0.2) is 11.6 Å². The number of hydrogen-bond donors (Lipinski definition) is 0. The van der Waals surface area contributed by atoms with Crippen LogP contribution in [0.5, 0.6) is 0 Å². The second-order valence-electron chi connectivity index (χ2n) is 7.88. The normalized spacial score (nSPS) is 23.0. The number of carbonyl (C=O) groups is 1. The zero-order valence-electron chi connectivity index (χ0n) is 16.4. The number of ether oxygens (including phenoxy) is 1. The lowest BCUT2D eigenvalue weighted by Crippen LogP contribution is -2.59. The predicted molar refractivity (Wildman–Crippen MR) is 108 cm³/mol. The summed E-state index contributed by atoms with van der Waals surface area (Å²) in [5.74, 6) is -1.21. The van der Waals surface area contributed by atoms with Gasteiger partial charge >= 0.3 is 6.09 Å². The van der Waals surface area contributed by atoms with Gasteiger partial charge in [-0.15, -0.1) is 0 Å². The lowest BCUT2D eigenvalue weighted by molar-refractivity contribution is 0.0788. The molecule has 1 atom stereocenters. The maximum Gasteiger partial charge on any atom is 0.414 e. The number of piperidine rings is 3. The molecule has 1 amide bonds. The lowest BCUT2D eigenvalue weighted by Gasteiger charge is -2.48. The fourth-order valence-corrected chi connectivity index (χ4v) is 4.45. The van der Waals surface area contributed by atoms with Crippen molar-refractivity contribution in [3.05, 3.63) is 65.7 Å². The molecule has 4 nitrogen and oxygen atoms in total. The quantitative estimate of drug-likeness (QED) is 0.663. The number of para-hydroxylation sites is 1. The molecule has 0 saturated carbocycles. The molecule has 2 aromatic rings. The molecule has 3 aliphatic rings. The number of hydrogen-bond acceptors (Lipinski definition) is 3. The number of carbonyl (C=O) groups excluding carboxylic acids is 1. The second-order valence-corrected chi connectivity index (χ2v) is 7.88. The van der Waals surface area contributed by atoms with Gasteiger partial charge in [-0.25, -0.2) is 13.6 Å². The molecule has 3 aliphatic heterocycles. The summed E-state index contributed by atoms with van der Waals surface area (Å²) in [5, 5.41) is 0. The highest BCUT2D eigenvalue weighted by atomic mass is 19.2. The highest BCUT2D eigenvalue weighted by Crippen LogP contribution is 2.33. The van der Waals surface area contributed by atoms with E-state index in [0.29, 0.717) is 24.3 Å². The van der Waals surface area contributed by atoms with Crippen LogP contribution in [0.4, 0.5) is 19.3 Å². The zero-order valence-corrected chi connectivity index (χ0v) is 16.4. The Morgan fingerprint density at radius 2 is 1.83 bits per heavy atom. The first-order valence-corrected chi connectivity index (χ1v) is 10.3. The van der Waals surface area contributed by atoms with Crippen LogP contribution in [-0.4, -0.2) is 43.3 Å². The standard InChI is InChI=1S/C23H26F2N2O2/c24-20-9-8-17(15-21(20)25)5-4-14-29-23(28)27(19-6-2-1-3-7-19)22-16-26-12-10-18(22)11-13-26/h1-3,6-9,15,18,22H,4-5,10-14,16H2. The van der Waals surface area contributed by atoms with E-state index in [0.717, 1.165) is 44.2 Å². The van der Waals surface area contributed by atoms with E-state index in [1.165, 1.54) is 6.07 Å². The van der Waals surface area contributed by atoms with Crippen LogP contribution < -0.4 is 4.90 Å². The Morgan fingerprint density at radius 3 is 2.48 bits per heavy atom. The molecule has 0 N–H and O–H groups in total. The molecule has 1 unspecified atom stereocenters. The number of rotatable bonds is 6. The monoisotopic (exact) mass is 400 g/mol. The summed E-state index contributed by atoms with van der Waals surface area (Å²) in [7, 11) is 0. The summed E-state index contributed by atoms with van der Waals surface area (Å²) >= 11 is 0. The van der Waals surface area contributed by atoms with Crippen LogP contribution in [-0.2, 0) is 11.2 Å². The number of anilines is 1. The third-order valence-electron chi connectivity index (χ3n) is 6.00. The van der Waals surface area contributed by atoms with Crippen molar-refractivity contribution in [1.29, 1.82) is 0 Å². The van der Waals surface area contributed by atoms with Crippen LogP contribution in [0.1, 0.15) is 24.8 Å². The average molecular weight is 400 g/mol. The zero-order chi connectivity index (χ0) is 20.2. The van der Waals surface area contributed by atoms with Gasteiger partial charge in [-0.05, 0) is 74.5 Å². The van der Waals surface area contributed by atoms with E-state index < -0.39 is 11.6 Å². The Balaban J connectivity index is 1.38. The van der Waals surface area contributed by atoms with Gasteiger partial charge in [0, 0.05) is 12.2 Å². The first-order chi connectivity index (χ1) is 14.1. The molecule has 0 radical (unpaired) electrons. The number of aryl methyl sites for hydroxylation is 1. The molecule has 3 fully saturated rings. The number of fused-ring (bicyclic) bond motifs is 3. The van der Waals surface area contributed by atoms with Gasteiger partial charge in [-0.1, -0.05) is 24.3 Å². The van der Waals surface area contributed by atoms with Crippen LogP contribution in [0.15, 0.2) is 48.5 Å². The Labute approximate surface area is 170 Å². The molecular weight excluding hydrogens is 374 g/mol. The van der Waals surface area contributed by atoms with Crippen molar-refractivity contribution in [3.63, 3.8) is 0 Å². The lowest BCUT2D eigenvalue weighted by atomic mass is 9.83. The number of benzene rings is 2. The van der Waals surface area contributed by atoms with E-state index in [9.17, 15) is 13.6 Å². The molecule has 154 valence electrons. The number of nitrogens with zero attached hydrogens (tertiary/aromatic N) is 2. The topological polar surface area (TPSA) is 32.8 Å². The minimum atomic E-state index is -0.851. The van der Waals surface area contributed by atoms with Crippen molar-refractivity contribution in [3.8, 4) is 0 Å². The fourth-order valence-electron chi connectivity index (χ4n) is 4.45. The minimum absolute atomic E-state index is 0.124. The first kappa shape index (κ1) is 19.8. The molecular formula is C23H26F2N2O2. The van der Waals surface area contributed by atoms with Crippen LogP contribution >= 0.6 is 0 Å². The van der Waals surface area contributed by atoms with Gasteiger partial charge in [0.05, 0.1) is 12.6 Å². The van der Waals surface area contributed by atoms with E-state index in [1.807, 2.05) is 35.2 Å². The van der Waals surface area contributed by atoms with Crippen LogP contribution in [0.2, 0.25) is 0 Å². The molecule has 0 spiro atoms. The summed E-state index contributed by atoms with van der Waals surface area (Å²) in [6.45, 7) is 3.33. The summed E-state index contributed by atoms with van der Waals surface area (Å²) in [5.41, 5.74) is 1.55. The van der Waals surface area contributed by atoms with Crippen molar-refractivity contribution in [2.45, 2.75) is 31.7 Å². The molecule has 3 saturated heterocycles. The smallest absolute Gasteiger partial charge is 0.414 e. The third-order valence-corrected chi connectivity index (χ3v) is 6.00.